The number of nitrogens with one attached hydrogen (secondary N) is 2. The predicted molar refractivity (Wildman–Crippen MR) is 174 cm³/mol. The lowest BCUT2D eigenvalue weighted by Gasteiger charge is -2.21. The van der Waals surface area contributed by atoms with Gasteiger partial charge in [-0.25, -0.2) is 31.6 Å². The molecule has 4 N–H and O–H groups in total. The zero-order chi connectivity index (χ0) is 34.3. The van der Waals surface area contributed by atoms with Crippen molar-refractivity contribution in [2.45, 2.75) is 50.0 Å². The molecule has 5 aromatic rings. The van der Waals surface area contributed by atoms with Crippen molar-refractivity contribution in [2.24, 2.45) is 5.92 Å². The first-order chi connectivity index (χ1) is 22.8. The standard InChI is InChI=1S/C32H31F3N6O5S2/c1-15-26(31-40-27-16(2)36-9-8-25(27)47-31)30(41-32(38-15)37-13-21-22(34)11-19(46-3)12-23(21)35)39-24-10-17(28(42)29(24)43)14-48(44,45)20-6-4-18(33)5-7-20/h4-9,11-12,17,24,28-29,42-43H,10,13-14H2,1-3H3,(H2,37,38,39,41)/t17-,24?,28-,29+/m1/s1. The van der Waals surface area contributed by atoms with Crippen molar-refractivity contribution in [3.05, 3.63) is 83.1 Å². The normalized spacial score (nSPS) is 19.5. The molecule has 0 spiro atoms. The summed E-state index contributed by atoms with van der Waals surface area (Å²) in [6.07, 6.45) is -1.08. The number of aliphatic hydroxyl groups is 2. The van der Waals surface area contributed by atoms with Crippen LogP contribution in [0.2, 0.25) is 0 Å². The third kappa shape index (κ3) is 6.65. The topological polar surface area (TPSA) is 159 Å². The largest absolute Gasteiger partial charge is 0.497 e. The third-order valence-corrected chi connectivity index (χ3v) is 11.2. The van der Waals surface area contributed by atoms with Gasteiger partial charge in [-0.05, 0) is 50.6 Å². The molecular weight excluding hydrogens is 670 g/mol. The lowest BCUT2D eigenvalue weighted by Crippen LogP contribution is -2.36. The minimum absolute atomic E-state index is 0.01000. The van der Waals surface area contributed by atoms with Gasteiger partial charge in [0.05, 0.1) is 51.6 Å². The number of anilines is 2. The van der Waals surface area contributed by atoms with Gasteiger partial charge >= 0.3 is 0 Å². The highest BCUT2D eigenvalue weighted by atomic mass is 32.2. The molecule has 4 atom stereocenters. The average molecular weight is 701 g/mol. The molecule has 1 unspecified atom stereocenters. The first-order valence-corrected chi connectivity index (χ1v) is 17.3. The van der Waals surface area contributed by atoms with Crippen molar-refractivity contribution in [3.8, 4) is 16.3 Å². The number of aryl methyl sites for hydroxylation is 2. The number of methoxy groups -OCH3 is 1. The zero-order valence-electron chi connectivity index (χ0n) is 25.9. The second kappa shape index (κ2) is 13.3. The van der Waals surface area contributed by atoms with Crippen LogP contribution in [0.4, 0.5) is 24.9 Å². The number of ether oxygens (including phenoxy) is 1. The van der Waals surface area contributed by atoms with Crippen LogP contribution < -0.4 is 15.4 Å². The van der Waals surface area contributed by atoms with E-state index in [1.54, 1.807) is 13.1 Å². The fraction of sp³-hybridized carbons (Fsp3) is 0.312. The van der Waals surface area contributed by atoms with Crippen molar-refractivity contribution in [1.82, 2.24) is 19.9 Å². The number of fused-ring (bicyclic) bond motifs is 1. The number of hydrogen-bond donors (Lipinski definition) is 4. The van der Waals surface area contributed by atoms with E-state index < -0.39 is 57.2 Å². The number of halogens is 3. The average Bonchev–Trinajstić information content (AvgIpc) is 3.58. The van der Waals surface area contributed by atoms with Crippen LogP contribution in [0.3, 0.4) is 0 Å². The van der Waals surface area contributed by atoms with Gasteiger partial charge < -0.3 is 25.6 Å². The lowest BCUT2D eigenvalue weighted by molar-refractivity contribution is 0.0216. The van der Waals surface area contributed by atoms with Gasteiger partial charge in [-0.2, -0.15) is 4.98 Å². The third-order valence-electron chi connectivity index (χ3n) is 8.30. The van der Waals surface area contributed by atoms with Gasteiger partial charge in [-0.1, -0.05) is 0 Å². The molecule has 2 aromatic carbocycles. The quantitative estimate of drug-likeness (QED) is 0.148. The molecule has 1 aliphatic rings. The Balaban J connectivity index is 1.32. The molecule has 1 fully saturated rings. The Morgan fingerprint density at radius 1 is 0.979 bits per heavy atom. The summed E-state index contributed by atoms with van der Waals surface area (Å²) in [4.78, 5) is 18.1. The maximum atomic E-state index is 14.7. The van der Waals surface area contributed by atoms with Crippen molar-refractivity contribution < 1.29 is 36.5 Å². The van der Waals surface area contributed by atoms with Crippen molar-refractivity contribution >= 4 is 43.2 Å². The van der Waals surface area contributed by atoms with Gasteiger partial charge in [0.1, 0.15) is 45.6 Å². The highest BCUT2D eigenvalue weighted by Crippen LogP contribution is 2.39. The highest BCUT2D eigenvalue weighted by molar-refractivity contribution is 7.91. The number of aromatic nitrogens is 4. The number of thiazole rings is 1. The van der Waals surface area contributed by atoms with E-state index >= 15 is 0 Å². The molecule has 1 aliphatic carbocycles. The van der Waals surface area contributed by atoms with E-state index in [9.17, 15) is 31.8 Å². The molecule has 1 saturated carbocycles. The molecule has 6 rings (SSSR count). The Labute approximate surface area is 277 Å². The van der Waals surface area contributed by atoms with E-state index in [0.29, 0.717) is 27.5 Å². The van der Waals surface area contributed by atoms with E-state index in [0.717, 1.165) is 41.1 Å². The van der Waals surface area contributed by atoms with Crippen LogP contribution >= 0.6 is 11.3 Å². The molecular formula is C32H31F3N6O5S2. The van der Waals surface area contributed by atoms with Crippen molar-refractivity contribution in [2.75, 3.05) is 23.5 Å². The zero-order valence-corrected chi connectivity index (χ0v) is 27.5. The molecule has 0 saturated heterocycles. The SMILES string of the molecule is COc1cc(F)c(CNc2nc(C)c(-c3nc4c(C)nccc4s3)c(NC3C[C@H](CS(=O)(=O)c4ccc(F)cc4)[C@@H](O)[C@H]3O)n2)c(F)c1. The minimum atomic E-state index is -3.93. The lowest BCUT2D eigenvalue weighted by atomic mass is 10.1. The van der Waals surface area contributed by atoms with Crippen molar-refractivity contribution in [1.29, 1.82) is 0 Å². The van der Waals surface area contributed by atoms with Crippen LogP contribution in [0.1, 0.15) is 23.4 Å². The Hall–Kier alpha value is -4.38. The van der Waals surface area contributed by atoms with E-state index in [4.69, 9.17) is 9.72 Å². The molecule has 0 amide bonds. The van der Waals surface area contributed by atoms with Gasteiger partial charge in [-0.3, -0.25) is 4.98 Å². The van der Waals surface area contributed by atoms with Gasteiger partial charge in [-0.15, -0.1) is 11.3 Å². The molecule has 0 bridgehead atoms. The molecule has 48 heavy (non-hydrogen) atoms. The summed E-state index contributed by atoms with van der Waals surface area (Å²) in [7, 11) is -2.63. The van der Waals surface area contributed by atoms with Gasteiger partial charge in [0.15, 0.2) is 9.84 Å². The van der Waals surface area contributed by atoms with Gasteiger partial charge in [0.25, 0.3) is 0 Å². The summed E-state index contributed by atoms with van der Waals surface area (Å²) >= 11 is 1.36. The second-order valence-electron chi connectivity index (χ2n) is 11.5. The predicted octanol–water partition coefficient (Wildman–Crippen LogP) is 4.80. The molecule has 16 heteroatoms. The first-order valence-electron chi connectivity index (χ1n) is 14.8. The van der Waals surface area contributed by atoms with Crippen LogP contribution in [-0.2, 0) is 16.4 Å². The van der Waals surface area contributed by atoms with Crippen molar-refractivity contribution in [3.63, 3.8) is 0 Å². The van der Waals surface area contributed by atoms with E-state index in [-0.39, 0.29) is 40.9 Å². The van der Waals surface area contributed by atoms with E-state index in [1.165, 1.54) is 18.4 Å². The Kier molecular flexibility index (Phi) is 9.26. The minimum Gasteiger partial charge on any atom is -0.497 e. The fourth-order valence-electron chi connectivity index (χ4n) is 5.76. The summed E-state index contributed by atoms with van der Waals surface area (Å²) in [5.41, 5.74) is 2.05. The van der Waals surface area contributed by atoms with Crippen LogP contribution in [-0.4, -0.2) is 69.7 Å². The number of rotatable bonds is 10. The fourth-order valence-corrected chi connectivity index (χ4v) is 8.51. The Bertz CT molecular complexity index is 2080. The monoisotopic (exact) mass is 700 g/mol. The maximum absolute atomic E-state index is 14.7. The Morgan fingerprint density at radius 3 is 2.35 bits per heavy atom. The number of nitrogens with zero attached hydrogens (tertiary/aromatic N) is 4. The number of hydrogen-bond acceptors (Lipinski definition) is 12. The molecule has 0 radical (unpaired) electrons. The number of benzene rings is 2. The van der Waals surface area contributed by atoms with Gasteiger partial charge in [0.2, 0.25) is 5.95 Å². The maximum Gasteiger partial charge on any atom is 0.225 e. The van der Waals surface area contributed by atoms with E-state index in [1.807, 2.05) is 13.0 Å². The second-order valence-corrected chi connectivity index (χ2v) is 14.6. The smallest absolute Gasteiger partial charge is 0.225 e. The molecule has 11 nitrogen and oxygen atoms in total. The molecule has 0 aliphatic heterocycles. The molecule has 3 heterocycles. The van der Waals surface area contributed by atoms with Crippen LogP contribution in [0.25, 0.3) is 20.8 Å². The molecule has 252 valence electrons. The van der Waals surface area contributed by atoms with Gasteiger partial charge in [0, 0.05) is 36.4 Å². The summed E-state index contributed by atoms with van der Waals surface area (Å²) in [5.74, 6) is -3.35. The first kappa shape index (κ1) is 33.5. The van der Waals surface area contributed by atoms with Crippen LogP contribution in [0, 0.1) is 37.2 Å². The summed E-state index contributed by atoms with van der Waals surface area (Å²) in [5, 5.41) is 28.5. The summed E-state index contributed by atoms with van der Waals surface area (Å²) in [6.45, 7) is 3.23. The Morgan fingerprint density at radius 2 is 1.69 bits per heavy atom. The number of sulfone groups is 1. The van der Waals surface area contributed by atoms with Crippen LogP contribution in [0.5, 0.6) is 5.75 Å². The van der Waals surface area contributed by atoms with Crippen LogP contribution in [0.15, 0.2) is 53.6 Å². The molecule has 3 aromatic heterocycles. The van der Waals surface area contributed by atoms with E-state index in [2.05, 4.69) is 25.6 Å². The number of aliphatic hydroxyl groups excluding tert-OH is 2. The highest BCUT2D eigenvalue weighted by Gasteiger charge is 2.44. The summed E-state index contributed by atoms with van der Waals surface area (Å²) in [6, 6.07) is 7.48. The summed E-state index contributed by atoms with van der Waals surface area (Å²) < 4.78 is 74.7. The number of pyridine rings is 1.